The van der Waals surface area contributed by atoms with Gasteiger partial charge in [0, 0.05) is 6.07 Å². The first-order chi connectivity index (χ1) is 8.82. The second-order valence-electron chi connectivity index (χ2n) is 3.62. The van der Waals surface area contributed by atoms with Gasteiger partial charge in [0.15, 0.2) is 11.6 Å². The SMILES string of the molecule is O=C(O)Cn1c(=O)c(=O)[nH]c2cc(F)c(F)c(Br)c21. The fraction of sp³-hybridized carbons (Fsp3) is 0.100. The Balaban J connectivity index is 3.03. The van der Waals surface area contributed by atoms with E-state index in [0.717, 1.165) is 0 Å². The summed E-state index contributed by atoms with van der Waals surface area (Å²) in [5.74, 6) is -3.92. The van der Waals surface area contributed by atoms with Crippen molar-refractivity contribution in [1.82, 2.24) is 9.55 Å². The molecule has 6 nitrogen and oxygen atoms in total. The lowest BCUT2D eigenvalue weighted by Gasteiger charge is -2.09. The van der Waals surface area contributed by atoms with Gasteiger partial charge < -0.3 is 10.1 Å². The molecule has 1 aromatic heterocycles. The van der Waals surface area contributed by atoms with E-state index < -0.39 is 39.7 Å². The highest BCUT2D eigenvalue weighted by Gasteiger charge is 2.18. The van der Waals surface area contributed by atoms with Crippen LogP contribution in [0.5, 0.6) is 0 Å². The molecule has 0 fully saturated rings. The van der Waals surface area contributed by atoms with Gasteiger partial charge in [-0.15, -0.1) is 0 Å². The maximum Gasteiger partial charge on any atom is 0.323 e. The number of halogens is 3. The third-order valence-electron chi connectivity index (χ3n) is 2.39. The first-order valence-electron chi connectivity index (χ1n) is 4.85. The molecule has 2 N–H and O–H groups in total. The van der Waals surface area contributed by atoms with Crippen LogP contribution in [-0.4, -0.2) is 20.6 Å². The smallest absolute Gasteiger partial charge is 0.323 e. The summed E-state index contributed by atoms with van der Waals surface area (Å²) in [7, 11) is 0. The monoisotopic (exact) mass is 334 g/mol. The van der Waals surface area contributed by atoms with E-state index in [1.165, 1.54) is 0 Å². The minimum atomic E-state index is -1.40. The molecule has 0 saturated carbocycles. The van der Waals surface area contributed by atoms with Gasteiger partial charge in [-0.05, 0) is 15.9 Å². The number of fused-ring (bicyclic) bond motifs is 1. The normalized spacial score (nSPS) is 10.9. The van der Waals surface area contributed by atoms with Crippen molar-refractivity contribution in [3.63, 3.8) is 0 Å². The number of rotatable bonds is 2. The molecule has 0 unspecified atom stereocenters. The van der Waals surface area contributed by atoms with Crippen molar-refractivity contribution in [2.75, 3.05) is 0 Å². The van der Waals surface area contributed by atoms with Crippen LogP contribution in [0.3, 0.4) is 0 Å². The molecule has 19 heavy (non-hydrogen) atoms. The van der Waals surface area contributed by atoms with Gasteiger partial charge in [-0.2, -0.15) is 0 Å². The average molecular weight is 335 g/mol. The summed E-state index contributed by atoms with van der Waals surface area (Å²) in [6.07, 6.45) is 0. The predicted molar refractivity (Wildman–Crippen MR) is 64.1 cm³/mol. The van der Waals surface area contributed by atoms with Crippen molar-refractivity contribution in [3.05, 3.63) is 42.9 Å². The maximum atomic E-state index is 13.4. The summed E-state index contributed by atoms with van der Waals surface area (Å²) in [5.41, 5.74) is -2.70. The van der Waals surface area contributed by atoms with E-state index >= 15 is 0 Å². The number of carboxylic acids is 1. The third-order valence-corrected chi connectivity index (χ3v) is 3.11. The standard InChI is InChI=1S/C10H5BrF2N2O4/c11-6-7(13)3(12)1-4-8(6)15(2-5(16)17)10(19)9(18)14-4/h1H,2H2,(H,14,18)(H,16,17). The zero-order chi connectivity index (χ0) is 14.3. The van der Waals surface area contributed by atoms with Gasteiger partial charge in [0.1, 0.15) is 6.54 Å². The van der Waals surface area contributed by atoms with Gasteiger partial charge in [-0.25, -0.2) is 8.78 Å². The molecule has 0 bridgehead atoms. The minimum Gasteiger partial charge on any atom is -0.480 e. The quantitative estimate of drug-likeness (QED) is 0.628. The van der Waals surface area contributed by atoms with E-state index in [0.29, 0.717) is 10.6 Å². The number of benzene rings is 1. The number of nitrogens with zero attached hydrogens (tertiary/aromatic N) is 1. The molecule has 100 valence electrons. The second-order valence-corrected chi connectivity index (χ2v) is 4.41. The molecule has 0 saturated heterocycles. The molecule has 0 aliphatic rings. The summed E-state index contributed by atoms with van der Waals surface area (Å²) in [4.78, 5) is 35.7. The van der Waals surface area contributed by atoms with E-state index in [1.54, 1.807) is 0 Å². The van der Waals surface area contributed by atoms with Crippen LogP contribution in [0, 0.1) is 11.6 Å². The predicted octanol–water partition coefficient (Wildman–Crippen LogP) is 0.815. The highest BCUT2D eigenvalue weighted by atomic mass is 79.9. The van der Waals surface area contributed by atoms with Gasteiger partial charge in [0.05, 0.1) is 15.5 Å². The summed E-state index contributed by atoms with van der Waals surface area (Å²) >= 11 is 2.74. The number of aliphatic carboxylic acids is 1. The lowest BCUT2D eigenvalue weighted by Crippen LogP contribution is -2.38. The van der Waals surface area contributed by atoms with Crippen molar-refractivity contribution in [1.29, 1.82) is 0 Å². The van der Waals surface area contributed by atoms with Crippen LogP contribution in [0.4, 0.5) is 8.78 Å². The molecule has 0 spiro atoms. The Bertz CT molecular complexity index is 812. The highest BCUT2D eigenvalue weighted by Crippen LogP contribution is 2.26. The van der Waals surface area contributed by atoms with Crippen LogP contribution in [0.1, 0.15) is 0 Å². The third kappa shape index (κ3) is 2.16. The van der Waals surface area contributed by atoms with Crippen molar-refractivity contribution in [2.24, 2.45) is 0 Å². The number of nitrogens with one attached hydrogen (secondary N) is 1. The summed E-state index contributed by atoms with van der Waals surface area (Å²) in [5, 5.41) is 8.70. The maximum absolute atomic E-state index is 13.4. The summed E-state index contributed by atoms with van der Waals surface area (Å²) in [6.45, 7) is -0.844. The number of carboxylic acid groups (broad SMARTS) is 1. The molecule has 2 rings (SSSR count). The molecular weight excluding hydrogens is 330 g/mol. The first-order valence-corrected chi connectivity index (χ1v) is 5.64. The van der Waals surface area contributed by atoms with Gasteiger partial charge in [0.25, 0.3) is 0 Å². The van der Waals surface area contributed by atoms with Gasteiger partial charge >= 0.3 is 17.1 Å². The summed E-state index contributed by atoms with van der Waals surface area (Å²) < 4.78 is 26.8. The average Bonchev–Trinajstić information content (AvgIpc) is 2.32. The molecular formula is C10H5BrF2N2O4. The molecule has 9 heteroatoms. The van der Waals surface area contributed by atoms with E-state index in [1.807, 2.05) is 0 Å². The van der Waals surface area contributed by atoms with Crippen molar-refractivity contribution < 1.29 is 18.7 Å². The molecule has 0 amide bonds. The largest absolute Gasteiger partial charge is 0.480 e. The number of aromatic nitrogens is 2. The number of H-pyrrole nitrogens is 1. The van der Waals surface area contributed by atoms with E-state index in [4.69, 9.17) is 5.11 Å². The highest BCUT2D eigenvalue weighted by molar-refractivity contribution is 9.10. The molecule has 1 heterocycles. The second kappa shape index (κ2) is 4.57. The minimum absolute atomic E-state index is 0.184. The van der Waals surface area contributed by atoms with E-state index in [2.05, 4.69) is 20.9 Å². The van der Waals surface area contributed by atoms with Gasteiger partial charge in [-0.1, -0.05) is 0 Å². The van der Waals surface area contributed by atoms with E-state index in [9.17, 15) is 23.2 Å². The van der Waals surface area contributed by atoms with Gasteiger partial charge in [0.2, 0.25) is 0 Å². The topological polar surface area (TPSA) is 92.2 Å². The Labute approximate surface area is 111 Å². The van der Waals surface area contributed by atoms with Crippen LogP contribution in [0.2, 0.25) is 0 Å². The molecule has 2 aromatic rings. The summed E-state index contributed by atoms with van der Waals surface area (Å²) in [6, 6.07) is 0.675. The first kappa shape index (κ1) is 13.4. The number of aromatic amines is 1. The Kier molecular flexibility index (Phi) is 3.23. The van der Waals surface area contributed by atoms with Gasteiger partial charge in [-0.3, -0.25) is 19.0 Å². The zero-order valence-electron chi connectivity index (χ0n) is 9.04. The fourth-order valence-corrected chi connectivity index (χ4v) is 2.25. The van der Waals surface area contributed by atoms with Crippen LogP contribution in [0.25, 0.3) is 11.0 Å². The number of carbonyl (C=O) groups is 1. The lowest BCUT2D eigenvalue weighted by atomic mass is 10.2. The van der Waals surface area contributed by atoms with E-state index in [-0.39, 0.29) is 11.0 Å². The van der Waals surface area contributed by atoms with Crippen LogP contribution in [0.15, 0.2) is 20.1 Å². The zero-order valence-corrected chi connectivity index (χ0v) is 10.6. The van der Waals surface area contributed by atoms with Crippen molar-refractivity contribution >= 4 is 32.9 Å². The van der Waals surface area contributed by atoms with Crippen LogP contribution < -0.4 is 11.1 Å². The Morgan fingerprint density at radius 2 is 2.05 bits per heavy atom. The molecule has 0 atom stereocenters. The molecule has 0 radical (unpaired) electrons. The van der Waals surface area contributed by atoms with Crippen molar-refractivity contribution in [2.45, 2.75) is 6.54 Å². The lowest BCUT2D eigenvalue weighted by molar-refractivity contribution is -0.137. The fourth-order valence-electron chi connectivity index (χ4n) is 1.63. The van der Waals surface area contributed by atoms with Crippen LogP contribution in [-0.2, 0) is 11.3 Å². The Hall–Kier alpha value is -2.03. The Morgan fingerprint density at radius 1 is 1.42 bits per heavy atom. The molecule has 1 aromatic carbocycles. The molecule has 0 aliphatic carbocycles. The van der Waals surface area contributed by atoms with Crippen LogP contribution >= 0.6 is 15.9 Å². The number of hydrogen-bond donors (Lipinski definition) is 2. The van der Waals surface area contributed by atoms with Crippen molar-refractivity contribution in [3.8, 4) is 0 Å². The number of hydrogen-bond acceptors (Lipinski definition) is 3. The Morgan fingerprint density at radius 3 is 2.63 bits per heavy atom. The molecule has 0 aliphatic heterocycles.